The van der Waals surface area contributed by atoms with Gasteiger partial charge in [0.1, 0.15) is 0 Å². The van der Waals surface area contributed by atoms with E-state index >= 15 is 0 Å². The first-order chi connectivity index (χ1) is 11.4. The zero-order chi connectivity index (χ0) is 17.8. The van der Waals surface area contributed by atoms with Crippen molar-refractivity contribution < 1.29 is 4.74 Å². The Morgan fingerprint density at radius 3 is 2.50 bits per heavy atom. The molecule has 1 aliphatic carbocycles. The van der Waals surface area contributed by atoms with Crippen molar-refractivity contribution in [2.75, 3.05) is 46.9 Å². The Morgan fingerprint density at radius 1 is 1.17 bits per heavy atom. The van der Waals surface area contributed by atoms with Gasteiger partial charge in [-0.05, 0) is 45.7 Å². The van der Waals surface area contributed by atoms with Gasteiger partial charge in [0.2, 0.25) is 0 Å². The first-order valence-electron chi connectivity index (χ1n) is 9.71. The Labute approximate surface area is 149 Å². The van der Waals surface area contributed by atoms with E-state index in [-0.39, 0.29) is 5.41 Å². The van der Waals surface area contributed by atoms with Crippen LogP contribution in [0.5, 0.6) is 0 Å². The lowest BCUT2D eigenvalue weighted by atomic mass is 9.93. The lowest BCUT2D eigenvalue weighted by Crippen LogP contribution is -2.39. The minimum absolute atomic E-state index is 0.177. The highest BCUT2D eigenvalue weighted by Gasteiger charge is 2.18. The standard InChI is InChI=1S/C19H40N4O/c1-6-20-18(22-15-19(2,3)16-23(4)5)21-13-10-14-24-17-11-8-7-9-12-17/h17H,6-16H2,1-5H3,(H2,20,21,22). The molecule has 0 aromatic rings. The number of rotatable bonds is 10. The fourth-order valence-electron chi connectivity index (χ4n) is 3.30. The van der Waals surface area contributed by atoms with Gasteiger partial charge in [-0.15, -0.1) is 0 Å². The third kappa shape index (κ3) is 10.1. The molecule has 1 rings (SSSR count). The quantitative estimate of drug-likeness (QED) is 0.365. The number of nitrogens with one attached hydrogen (secondary N) is 2. The molecule has 24 heavy (non-hydrogen) atoms. The predicted molar refractivity (Wildman–Crippen MR) is 104 cm³/mol. The summed E-state index contributed by atoms with van der Waals surface area (Å²) in [6, 6.07) is 0. The molecule has 5 nitrogen and oxygen atoms in total. The van der Waals surface area contributed by atoms with Crippen LogP contribution in [0.1, 0.15) is 59.3 Å². The van der Waals surface area contributed by atoms with Gasteiger partial charge >= 0.3 is 0 Å². The van der Waals surface area contributed by atoms with Crippen LogP contribution in [0.4, 0.5) is 0 Å². The summed E-state index contributed by atoms with van der Waals surface area (Å²) in [5.74, 6) is 0.919. The summed E-state index contributed by atoms with van der Waals surface area (Å²) in [5.41, 5.74) is 0.177. The average Bonchev–Trinajstić information content (AvgIpc) is 2.52. The van der Waals surface area contributed by atoms with E-state index < -0.39 is 0 Å². The Morgan fingerprint density at radius 2 is 1.88 bits per heavy atom. The summed E-state index contributed by atoms with van der Waals surface area (Å²) in [5, 5.41) is 6.76. The highest BCUT2D eigenvalue weighted by molar-refractivity contribution is 5.79. The van der Waals surface area contributed by atoms with Crippen molar-refractivity contribution in [3.8, 4) is 0 Å². The maximum Gasteiger partial charge on any atom is 0.191 e. The normalized spacial score (nSPS) is 17.3. The summed E-state index contributed by atoms with van der Waals surface area (Å²) in [6.07, 6.45) is 8.09. The molecule has 0 spiro atoms. The third-order valence-corrected chi connectivity index (χ3v) is 4.27. The molecule has 0 unspecified atom stereocenters. The van der Waals surface area contributed by atoms with Crippen molar-refractivity contribution >= 4 is 5.96 Å². The minimum atomic E-state index is 0.177. The van der Waals surface area contributed by atoms with Crippen LogP contribution in [-0.2, 0) is 4.74 Å². The van der Waals surface area contributed by atoms with E-state index in [0.29, 0.717) is 6.10 Å². The molecule has 0 aliphatic heterocycles. The highest BCUT2D eigenvalue weighted by atomic mass is 16.5. The summed E-state index contributed by atoms with van der Waals surface area (Å²) < 4.78 is 5.98. The Hall–Kier alpha value is -0.810. The molecule has 0 radical (unpaired) electrons. The van der Waals surface area contributed by atoms with Gasteiger partial charge in [-0.25, -0.2) is 0 Å². The van der Waals surface area contributed by atoms with E-state index in [2.05, 4.69) is 50.4 Å². The van der Waals surface area contributed by atoms with Gasteiger partial charge in [-0.2, -0.15) is 0 Å². The molecule has 0 bridgehead atoms. The van der Waals surface area contributed by atoms with Gasteiger partial charge in [0.05, 0.1) is 6.10 Å². The van der Waals surface area contributed by atoms with E-state index in [1.807, 2.05) is 0 Å². The van der Waals surface area contributed by atoms with Crippen LogP contribution in [0, 0.1) is 5.41 Å². The summed E-state index contributed by atoms with van der Waals surface area (Å²) >= 11 is 0. The van der Waals surface area contributed by atoms with Crippen LogP contribution in [-0.4, -0.2) is 63.8 Å². The maximum absolute atomic E-state index is 5.98. The molecule has 0 atom stereocenters. The molecule has 0 aromatic carbocycles. The van der Waals surface area contributed by atoms with Gasteiger partial charge in [0.25, 0.3) is 0 Å². The van der Waals surface area contributed by atoms with E-state index in [0.717, 1.165) is 45.2 Å². The molecule has 0 heterocycles. The summed E-state index contributed by atoms with van der Waals surface area (Å²) in [4.78, 5) is 6.97. The highest BCUT2D eigenvalue weighted by Crippen LogP contribution is 2.20. The Kier molecular flexibility index (Phi) is 10.3. The van der Waals surface area contributed by atoms with Gasteiger partial charge < -0.3 is 20.3 Å². The van der Waals surface area contributed by atoms with E-state index in [1.165, 1.54) is 32.1 Å². The maximum atomic E-state index is 5.98. The third-order valence-electron chi connectivity index (χ3n) is 4.27. The van der Waals surface area contributed by atoms with Gasteiger partial charge in [0.15, 0.2) is 5.96 Å². The second-order valence-electron chi connectivity index (χ2n) is 8.01. The van der Waals surface area contributed by atoms with Crippen LogP contribution in [0.3, 0.4) is 0 Å². The fourth-order valence-corrected chi connectivity index (χ4v) is 3.30. The largest absolute Gasteiger partial charge is 0.378 e. The molecule has 0 aromatic heterocycles. The van der Waals surface area contributed by atoms with Crippen molar-refractivity contribution in [2.24, 2.45) is 10.4 Å². The minimum Gasteiger partial charge on any atom is -0.378 e. The van der Waals surface area contributed by atoms with E-state index in [9.17, 15) is 0 Å². The first kappa shape index (κ1) is 21.2. The van der Waals surface area contributed by atoms with Crippen molar-refractivity contribution in [3.63, 3.8) is 0 Å². The lowest BCUT2D eigenvalue weighted by molar-refractivity contribution is 0.0277. The average molecular weight is 341 g/mol. The summed E-state index contributed by atoms with van der Waals surface area (Å²) in [7, 11) is 4.22. The van der Waals surface area contributed by atoms with Crippen LogP contribution < -0.4 is 10.6 Å². The number of aliphatic imine (C=N–C) groups is 1. The number of hydrogen-bond acceptors (Lipinski definition) is 3. The zero-order valence-electron chi connectivity index (χ0n) is 16.7. The van der Waals surface area contributed by atoms with Gasteiger partial charge in [0, 0.05) is 32.8 Å². The SMILES string of the molecule is CCNC(=NCC(C)(C)CN(C)C)NCCCOC1CCCCC1. The predicted octanol–water partition coefficient (Wildman–Crippen LogP) is 2.87. The number of guanidine groups is 1. The summed E-state index contributed by atoms with van der Waals surface area (Å²) in [6.45, 7) is 11.1. The van der Waals surface area contributed by atoms with Crippen LogP contribution in [0.25, 0.3) is 0 Å². The van der Waals surface area contributed by atoms with E-state index in [4.69, 9.17) is 9.73 Å². The van der Waals surface area contributed by atoms with Crippen LogP contribution >= 0.6 is 0 Å². The molecule has 1 fully saturated rings. The van der Waals surface area contributed by atoms with E-state index in [1.54, 1.807) is 0 Å². The monoisotopic (exact) mass is 340 g/mol. The van der Waals surface area contributed by atoms with Crippen molar-refractivity contribution in [1.82, 2.24) is 15.5 Å². The molecule has 5 heteroatoms. The molecule has 1 aliphatic rings. The Bertz CT molecular complexity index is 349. The fraction of sp³-hybridized carbons (Fsp3) is 0.947. The molecular formula is C19H40N4O. The number of ether oxygens (including phenoxy) is 1. The molecule has 0 saturated heterocycles. The van der Waals surface area contributed by atoms with Crippen molar-refractivity contribution in [2.45, 2.75) is 65.4 Å². The lowest BCUT2D eigenvalue weighted by Gasteiger charge is -2.27. The molecular weight excluding hydrogens is 300 g/mol. The van der Waals surface area contributed by atoms with Crippen LogP contribution in [0.2, 0.25) is 0 Å². The van der Waals surface area contributed by atoms with Gasteiger partial charge in [-0.3, -0.25) is 4.99 Å². The topological polar surface area (TPSA) is 48.9 Å². The van der Waals surface area contributed by atoms with Crippen molar-refractivity contribution in [1.29, 1.82) is 0 Å². The molecule has 0 amide bonds. The second-order valence-corrected chi connectivity index (χ2v) is 8.01. The number of nitrogens with zero attached hydrogens (tertiary/aromatic N) is 2. The van der Waals surface area contributed by atoms with Crippen molar-refractivity contribution in [3.05, 3.63) is 0 Å². The Balaban J connectivity index is 2.25. The molecule has 1 saturated carbocycles. The molecule has 142 valence electrons. The number of hydrogen-bond donors (Lipinski definition) is 2. The first-order valence-corrected chi connectivity index (χ1v) is 9.71. The second kappa shape index (κ2) is 11.7. The smallest absolute Gasteiger partial charge is 0.191 e. The zero-order valence-corrected chi connectivity index (χ0v) is 16.7. The van der Waals surface area contributed by atoms with Crippen LogP contribution in [0.15, 0.2) is 4.99 Å². The molecule has 2 N–H and O–H groups in total. The van der Waals surface area contributed by atoms with Gasteiger partial charge in [-0.1, -0.05) is 33.1 Å².